The number of ketones is 1. The third kappa shape index (κ3) is 3.55. The minimum absolute atomic E-state index is 0.316. The molecular formula is C23H29NO. The lowest BCUT2D eigenvalue weighted by Crippen LogP contribution is -2.44. The maximum Gasteiger partial charge on any atom is 0.147 e. The Balaban J connectivity index is 2.09. The monoisotopic (exact) mass is 335 g/mol. The van der Waals surface area contributed by atoms with Crippen LogP contribution in [-0.2, 0) is 10.2 Å². The van der Waals surface area contributed by atoms with Crippen LogP contribution in [0.1, 0.15) is 50.7 Å². The molecule has 1 atom stereocenters. The molecule has 2 aromatic carbocycles. The molecule has 0 saturated carbocycles. The summed E-state index contributed by atoms with van der Waals surface area (Å²) in [6, 6.07) is 21.1. The number of carbonyl (C=O) groups is 1. The van der Waals surface area contributed by atoms with Crippen LogP contribution >= 0.6 is 0 Å². The largest absolute Gasteiger partial charge is 0.301 e. The molecule has 2 nitrogen and oxygen atoms in total. The zero-order chi connectivity index (χ0) is 17.7. The molecule has 0 spiro atoms. The van der Waals surface area contributed by atoms with Crippen LogP contribution < -0.4 is 0 Å². The van der Waals surface area contributed by atoms with E-state index in [1.54, 1.807) is 0 Å². The minimum atomic E-state index is -0.556. The van der Waals surface area contributed by atoms with Crippen molar-refractivity contribution in [2.45, 2.75) is 51.0 Å². The molecule has 0 radical (unpaired) electrons. The standard InChI is InChI=1S/C23H29NO/c1-3-22(25)23(20-12-6-4-7-13-20,21-14-8-5-9-15-21)18-19(2)24-16-10-11-17-24/h4-9,12-15,19H,3,10-11,16-18H2,1-2H3/t19-/m0/s1. The number of rotatable bonds is 7. The number of hydrogen-bond acceptors (Lipinski definition) is 2. The molecule has 0 aliphatic carbocycles. The number of carbonyl (C=O) groups excluding carboxylic acids is 1. The molecule has 1 aliphatic heterocycles. The Kier molecular flexibility index (Phi) is 5.70. The Morgan fingerprint density at radius 2 is 1.44 bits per heavy atom. The molecular weight excluding hydrogens is 306 g/mol. The van der Waals surface area contributed by atoms with Gasteiger partial charge in [-0.05, 0) is 50.4 Å². The normalized spacial score (nSPS) is 16.7. The van der Waals surface area contributed by atoms with Crippen LogP contribution in [0.2, 0.25) is 0 Å². The Morgan fingerprint density at radius 3 is 1.88 bits per heavy atom. The molecule has 132 valence electrons. The maximum absolute atomic E-state index is 13.4. The smallest absolute Gasteiger partial charge is 0.147 e. The topological polar surface area (TPSA) is 20.3 Å². The van der Waals surface area contributed by atoms with Crippen LogP contribution in [0.4, 0.5) is 0 Å². The molecule has 1 aliphatic rings. The predicted octanol–water partition coefficient (Wildman–Crippen LogP) is 4.83. The van der Waals surface area contributed by atoms with E-state index in [2.05, 4.69) is 60.4 Å². The average Bonchev–Trinajstić information content (AvgIpc) is 3.22. The van der Waals surface area contributed by atoms with Crippen LogP contribution in [0.15, 0.2) is 60.7 Å². The number of benzene rings is 2. The van der Waals surface area contributed by atoms with Crippen LogP contribution in [0.25, 0.3) is 0 Å². The first-order chi connectivity index (χ1) is 12.2. The van der Waals surface area contributed by atoms with E-state index in [1.807, 2.05) is 19.1 Å². The molecule has 25 heavy (non-hydrogen) atoms. The van der Waals surface area contributed by atoms with Crippen molar-refractivity contribution >= 4 is 5.78 Å². The van der Waals surface area contributed by atoms with E-state index < -0.39 is 5.41 Å². The second-order valence-electron chi connectivity index (χ2n) is 7.21. The van der Waals surface area contributed by atoms with Crippen molar-refractivity contribution in [1.29, 1.82) is 0 Å². The fraction of sp³-hybridized carbons (Fsp3) is 0.435. The Bertz CT molecular complexity index is 634. The summed E-state index contributed by atoms with van der Waals surface area (Å²) in [7, 11) is 0. The van der Waals surface area contributed by atoms with E-state index in [0.717, 1.165) is 30.6 Å². The average molecular weight is 335 g/mol. The van der Waals surface area contributed by atoms with Gasteiger partial charge in [-0.1, -0.05) is 67.6 Å². The highest BCUT2D eigenvalue weighted by molar-refractivity contribution is 5.93. The predicted molar refractivity (Wildman–Crippen MR) is 104 cm³/mol. The molecule has 2 heteroatoms. The highest BCUT2D eigenvalue weighted by atomic mass is 16.1. The number of hydrogen-bond donors (Lipinski definition) is 0. The molecule has 1 fully saturated rings. The van der Waals surface area contributed by atoms with Crippen LogP contribution in [0, 0.1) is 0 Å². The van der Waals surface area contributed by atoms with Crippen LogP contribution in [-0.4, -0.2) is 29.8 Å². The highest BCUT2D eigenvalue weighted by Crippen LogP contribution is 2.40. The molecule has 0 N–H and O–H groups in total. The van der Waals surface area contributed by atoms with Gasteiger partial charge in [0.25, 0.3) is 0 Å². The van der Waals surface area contributed by atoms with E-state index in [0.29, 0.717) is 18.2 Å². The van der Waals surface area contributed by atoms with Crippen molar-refractivity contribution < 1.29 is 4.79 Å². The Labute approximate surface area is 151 Å². The van der Waals surface area contributed by atoms with Crippen molar-refractivity contribution in [3.8, 4) is 0 Å². The molecule has 0 aromatic heterocycles. The SMILES string of the molecule is CCC(=O)C(C[C@H](C)N1CCCC1)(c1ccccc1)c1ccccc1. The third-order valence-electron chi connectivity index (χ3n) is 5.70. The fourth-order valence-corrected chi connectivity index (χ4v) is 4.34. The van der Waals surface area contributed by atoms with Gasteiger partial charge in [0.1, 0.15) is 5.78 Å². The molecule has 0 unspecified atom stereocenters. The summed E-state index contributed by atoms with van der Waals surface area (Å²) in [5, 5.41) is 0. The maximum atomic E-state index is 13.4. The first kappa shape index (κ1) is 17.9. The Morgan fingerprint density at radius 1 is 0.960 bits per heavy atom. The fourth-order valence-electron chi connectivity index (χ4n) is 4.34. The summed E-state index contributed by atoms with van der Waals surface area (Å²) in [6.07, 6.45) is 3.94. The Hall–Kier alpha value is -1.93. The van der Waals surface area contributed by atoms with Crippen molar-refractivity contribution in [3.05, 3.63) is 71.8 Å². The first-order valence-corrected chi connectivity index (χ1v) is 9.57. The second-order valence-corrected chi connectivity index (χ2v) is 7.21. The molecule has 3 rings (SSSR count). The zero-order valence-electron chi connectivity index (χ0n) is 15.4. The minimum Gasteiger partial charge on any atom is -0.301 e. The van der Waals surface area contributed by atoms with Crippen LogP contribution in [0.5, 0.6) is 0 Å². The second kappa shape index (κ2) is 7.97. The van der Waals surface area contributed by atoms with Crippen molar-refractivity contribution in [2.75, 3.05) is 13.1 Å². The van der Waals surface area contributed by atoms with E-state index >= 15 is 0 Å². The molecule has 1 heterocycles. The zero-order valence-corrected chi connectivity index (χ0v) is 15.4. The van der Waals surface area contributed by atoms with Gasteiger partial charge in [-0.3, -0.25) is 4.79 Å². The van der Waals surface area contributed by atoms with Gasteiger partial charge < -0.3 is 4.90 Å². The van der Waals surface area contributed by atoms with E-state index in [4.69, 9.17) is 0 Å². The number of Topliss-reactive ketones (excluding diaryl/α,β-unsaturated/α-hetero) is 1. The van der Waals surface area contributed by atoms with Gasteiger partial charge in [0, 0.05) is 12.5 Å². The third-order valence-corrected chi connectivity index (χ3v) is 5.70. The van der Waals surface area contributed by atoms with Gasteiger partial charge >= 0.3 is 0 Å². The summed E-state index contributed by atoms with van der Waals surface area (Å²) in [4.78, 5) is 15.9. The lowest BCUT2D eigenvalue weighted by Gasteiger charge is -2.38. The quantitative estimate of drug-likeness (QED) is 0.722. The van der Waals surface area contributed by atoms with Gasteiger partial charge in [0.2, 0.25) is 0 Å². The van der Waals surface area contributed by atoms with Gasteiger partial charge in [-0.25, -0.2) is 0 Å². The van der Waals surface area contributed by atoms with Crippen LogP contribution in [0.3, 0.4) is 0 Å². The van der Waals surface area contributed by atoms with Crippen molar-refractivity contribution in [1.82, 2.24) is 4.90 Å². The first-order valence-electron chi connectivity index (χ1n) is 9.57. The summed E-state index contributed by atoms with van der Waals surface area (Å²) < 4.78 is 0. The lowest BCUT2D eigenvalue weighted by molar-refractivity contribution is -0.123. The number of nitrogens with zero attached hydrogens (tertiary/aromatic N) is 1. The summed E-state index contributed by atoms with van der Waals surface area (Å²) in [5.41, 5.74) is 1.69. The van der Waals surface area contributed by atoms with E-state index in [9.17, 15) is 4.79 Å². The van der Waals surface area contributed by atoms with Crippen molar-refractivity contribution in [3.63, 3.8) is 0 Å². The molecule has 0 amide bonds. The lowest BCUT2D eigenvalue weighted by atomic mass is 9.67. The summed E-state index contributed by atoms with van der Waals surface area (Å²) >= 11 is 0. The summed E-state index contributed by atoms with van der Waals surface area (Å²) in [6.45, 7) is 6.58. The van der Waals surface area contributed by atoms with E-state index in [1.165, 1.54) is 12.8 Å². The highest BCUT2D eigenvalue weighted by Gasteiger charge is 2.42. The van der Waals surface area contributed by atoms with Gasteiger partial charge in [-0.15, -0.1) is 0 Å². The van der Waals surface area contributed by atoms with Gasteiger partial charge in [0.15, 0.2) is 0 Å². The van der Waals surface area contributed by atoms with Gasteiger partial charge in [-0.2, -0.15) is 0 Å². The molecule has 1 saturated heterocycles. The number of likely N-dealkylation sites (tertiary alicyclic amines) is 1. The summed E-state index contributed by atoms with van der Waals surface area (Å²) in [5.74, 6) is 0.316. The molecule has 2 aromatic rings. The van der Waals surface area contributed by atoms with Crippen molar-refractivity contribution in [2.24, 2.45) is 0 Å². The van der Waals surface area contributed by atoms with Gasteiger partial charge in [0.05, 0.1) is 5.41 Å². The van der Waals surface area contributed by atoms with E-state index in [-0.39, 0.29) is 0 Å². The molecule has 0 bridgehead atoms.